The molecule has 10 aromatic carbocycles. The smallest absolute Gasteiger partial charge is 0.164 e. The quantitative estimate of drug-likeness (QED) is 0.150. The van der Waals surface area contributed by atoms with Gasteiger partial charge in [-0.2, -0.15) is 0 Å². The molecular weight excluding hydrogens is 815 g/mol. The second-order valence-electron chi connectivity index (χ2n) is 17.0. The third-order valence-corrected chi connectivity index (χ3v) is 13.0. The van der Waals surface area contributed by atoms with E-state index in [9.17, 15) is 0 Å². The molecule has 0 unspecified atom stereocenters. The lowest BCUT2D eigenvalue weighted by atomic mass is 9.93. The first kappa shape index (κ1) is 38.4. The molecule has 0 aliphatic heterocycles. The van der Waals surface area contributed by atoms with E-state index in [1.807, 2.05) is 30.3 Å². The van der Waals surface area contributed by atoms with Gasteiger partial charge in [-0.15, -0.1) is 0 Å². The van der Waals surface area contributed by atoms with Crippen molar-refractivity contribution >= 4 is 54.3 Å². The Morgan fingerprint density at radius 1 is 0.299 bits per heavy atom. The van der Waals surface area contributed by atoms with Crippen LogP contribution in [0.1, 0.15) is 0 Å². The monoisotopic (exact) mass is 853 g/mol. The molecule has 13 rings (SSSR count). The Hall–Kier alpha value is -9.06. The molecule has 0 fully saturated rings. The summed E-state index contributed by atoms with van der Waals surface area (Å²) in [7, 11) is 0. The highest BCUT2D eigenvalue weighted by molar-refractivity contribution is 6.23. The Morgan fingerprint density at radius 2 is 0.761 bits per heavy atom. The fourth-order valence-electron chi connectivity index (χ4n) is 9.81. The zero-order chi connectivity index (χ0) is 44.3. The number of hydrogen-bond acceptors (Lipinski definition) is 4. The molecule has 0 atom stereocenters. The minimum atomic E-state index is 0.621. The van der Waals surface area contributed by atoms with Crippen molar-refractivity contribution in [3.05, 3.63) is 237 Å². The maximum absolute atomic E-state index is 5.36. The molecule has 0 N–H and O–H groups in total. The molecule has 0 radical (unpaired) electrons. The van der Waals surface area contributed by atoms with Crippen LogP contribution in [-0.2, 0) is 0 Å². The molecule has 0 amide bonds. The van der Waals surface area contributed by atoms with E-state index >= 15 is 0 Å². The molecule has 3 heterocycles. The lowest BCUT2D eigenvalue weighted by Gasteiger charge is -2.13. The number of hydrogen-bond donors (Lipinski definition) is 0. The number of aromatic nitrogens is 5. The Labute approximate surface area is 387 Å². The minimum absolute atomic E-state index is 0.621. The Bertz CT molecular complexity index is 3990. The van der Waals surface area contributed by atoms with Gasteiger partial charge in [-0.3, -0.25) is 0 Å². The molecule has 67 heavy (non-hydrogen) atoms. The summed E-state index contributed by atoms with van der Waals surface area (Å²) in [6.45, 7) is 0. The van der Waals surface area contributed by atoms with Crippen LogP contribution in [0.2, 0.25) is 0 Å². The molecule has 312 valence electrons. The van der Waals surface area contributed by atoms with E-state index < -0.39 is 0 Å². The van der Waals surface area contributed by atoms with Crippen molar-refractivity contribution in [1.82, 2.24) is 24.5 Å². The average molecular weight is 854 g/mol. The lowest BCUT2D eigenvalue weighted by molar-refractivity contribution is 1.07. The number of nitrogens with zero attached hydrogens (tertiary/aromatic N) is 5. The van der Waals surface area contributed by atoms with Crippen molar-refractivity contribution in [3.63, 3.8) is 0 Å². The van der Waals surface area contributed by atoms with Crippen molar-refractivity contribution in [2.24, 2.45) is 0 Å². The zero-order valence-electron chi connectivity index (χ0n) is 36.3. The summed E-state index contributed by atoms with van der Waals surface area (Å²) in [6.07, 6.45) is 0. The summed E-state index contributed by atoms with van der Waals surface area (Å²) in [5.74, 6) is 1.88. The van der Waals surface area contributed by atoms with Crippen molar-refractivity contribution in [2.75, 3.05) is 0 Å². The highest BCUT2D eigenvalue weighted by Gasteiger charge is 2.21. The van der Waals surface area contributed by atoms with Crippen LogP contribution in [0.25, 0.3) is 128 Å². The van der Waals surface area contributed by atoms with Crippen LogP contribution in [0.15, 0.2) is 237 Å². The molecule has 0 spiro atoms. The maximum atomic E-state index is 5.36. The van der Waals surface area contributed by atoms with Gasteiger partial charge in [-0.25, -0.2) is 19.9 Å². The summed E-state index contributed by atoms with van der Waals surface area (Å²) in [5, 5.41) is 8.53. The first-order chi connectivity index (χ1) is 33.2. The van der Waals surface area contributed by atoms with Crippen LogP contribution in [0.4, 0.5) is 0 Å². The van der Waals surface area contributed by atoms with Crippen LogP contribution >= 0.6 is 0 Å². The topological polar surface area (TPSA) is 56.5 Å². The molecule has 5 nitrogen and oxygen atoms in total. The van der Waals surface area contributed by atoms with Crippen LogP contribution in [-0.4, -0.2) is 24.5 Å². The molecule has 0 aliphatic rings. The first-order valence-electron chi connectivity index (χ1n) is 22.6. The lowest BCUT2D eigenvalue weighted by Crippen LogP contribution is -2.00. The first-order valence-corrected chi connectivity index (χ1v) is 22.6. The van der Waals surface area contributed by atoms with E-state index in [1.165, 1.54) is 37.9 Å². The summed E-state index contributed by atoms with van der Waals surface area (Å²) >= 11 is 0. The second-order valence-corrected chi connectivity index (χ2v) is 17.0. The fourth-order valence-corrected chi connectivity index (χ4v) is 9.81. The van der Waals surface area contributed by atoms with Gasteiger partial charge in [-0.05, 0) is 74.1 Å². The van der Waals surface area contributed by atoms with Gasteiger partial charge < -0.3 is 4.57 Å². The van der Waals surface area contributed by atoms with Crippen molar-refractivity contribution in [2.45, 2.75) is 0 Å². The van der Waals surface area contributed by atoms with Gasteiger partial charge in [0.25, 0.3) is 0 Å². The second kappa shape index (κ2) is 15.9. The number of pyridine rings is 1. The van der Waals surface area contributed by atoms with E-state index in [-0.39, 0.29) is 0 Å². The standard InChI is InChI=1S/C62H39N5/c1-3-15-44(16-4-1)60-64-61(66-62(65-60)46-37-31-42(32-38-46)54-39-47-17-7-8-20-49(47)50-21-9-10-22-51(50)54)45-35-29-41(30-36-45)40-27-33-43(34-28-40)58-59-57(52-23-11-13-25-55(52)63-58)53-24-12-14-26-56(53)67(59)48-18-5-2-6-19-48/h1-39H. The molecule has 3 aromatic heterocycles. The third-order valence-electron chi connectivity index (χ3n) is 13.0. The third kappa shape index (κ3) is 6.64. The summed E-state index contributed by atoms with van der Waals surface area (Å²) in [6, 6.07) is 83.4. The summed E-state index contributed by atoms with van der Waals surface area (Å²) in [4.78, 5) is 20.5. The van der Waals surface area contributed by atoms with Gasteiger partial charge >= 0.3 is 0 Å². The number of fused-ring (bicyclic) bond motifs is 8. The molecule has 0 saturated carbocycles. The van der Waals surface area contributed by atoms with E-state index in [0.29, 0.717) is 17.5 Å². The van der Waals surface area contributed by atoms with E-state index in [1.54, 1.807) is 0 Å². The van der Waals surface area contributed by atoms with Crippen LogP contribution in [0.5, 0.6) is 0 Å². The van der Waals surface area contributed by atoms with E-state index in [0.717, 1.165) is 72.3 Å². The summed E-state index contributed by atoms with van der Waals surface area (Å²) < 4.78 is 2.37. The predicted molar refractivity (Wildman–Crippen MR) is 277 cm³/mol. The van der Waals surface area contributed by atoms with Crippen molar-refractivity contribution < 1.29 is 0 Å². The van der Waals surface area contributed by atoms with E-state index in [2.05, 4.69) is 211 Å². The van der Waals surface area contributed by atoms with Gasteiger partial charge in [0.1, 0.15) is 0 Å². The van der Waals surface area contributed by atoms with Gasteiger partial charge in [0.15, 0.2) is 17.5 Å². The predicted octanol–water partition coefficient (Wildman–Crippen LogP) is 15.8. The Kier molecular flexibility index (Phi) is 9.10. The molecule has 13 aromatic rings. The van der Waals surface area contributed by atoms with Crippen LogP contribution in [0.3, 0.4) is 0 Å². The van der Waals surface area contributed by atoms with Gasteiger partial charge in [-0.1, -0.05) is 206 Å². The number of rotatable bonds is 7. The number of para-hydroxylation sites is 3. The Balaban J connectivity index is 0.859. The van der Waals surface area contributed by atoms with Crippen molar-refractivity contribution in [3.8, 4) is 73.4 Å². The molecular formula is C62H39N5. The van der Waals surface area contributed by atoms with E-state index in [4.69, 9.17) is 19.9 Å². The maximum Gasteiger partial charge on any atom is 0.164 e. The van der Waals surface area contributed by atoms with Crippen molar-refractivity contribution in [1.29, 1.82) is 0 Å². The number of benzene rings is 10. The average Bonchev–Trinajstić information content (AvgIpc) is 3.77. The van der Waals surface area contributed by atoms with Gasteiger partial charge in [0.05, 0.1) is 22.2 Å². The van der Waals surface area contributed by atoms with Gasteiger partial charge in [0, 0.05) is 44.1 Å². The van der Waals surface area contributed by atoms with Crippen LogP contribution < -0.4 is 0 Å². The van der Waals surface area contributed by atoms with Crippen LogP contribution in [0, 0.1) is 0 Å². The normalized spacial score (nSPS) is 11.6. The zero-order valence-corrected chi connectivity index (χ0v) is 36.3. The Morgan fingerprint density at radius 3 is 1.42 bits per heavy atom. The molecule has 0 saturated heterocycles. The highest BCUT2D eigenvalue weighted by atomic mass is 15.0. The highest BCUT2D eigenvalue weighted by Crippen LogP contribution is 2.42. The fraction of sp³-hybridized carbons (Fsp3) is 0. The molecule has 5 heteroatoms. The largest absolute Gasteiger partial charge is 0.307 e. The summed E-state index contributed by atoms with van der Waals surface area (Å²) in [5.41, 5.74) is 13.7. The molecule has 0 bridgehead atoms. The van der Waals surface area contributed by atoms with Gasteiger partial charge in [0.2, 0.25) is 0 Å². The minimum Gasteiger partial charge on any atom is -0.307 e. The molecule has 0 aliphatic carbocycles. The SMILES string of the molecule is c1ccc(-c2nc(-c3ccc(-c4ccc(-c5nc6ccccc6c6c7ccccc7n(-c7ccccc7)c56)cc4)cc3)nc(-c3ccc(-c4cc5ccccc5c5ccccc45)cc3)n2)cc1.